The molecule has 0 aliphatic carbocycles. The largest absolute Gasteiger partial charge is 0.481 e. The molecule has 27 heavy (non-hydrogen) atoms. The maximum absolute atomic E-state index is 12.5. The molecule has 154 valence electrons. The number of likely N-dealkylation sites (N-methyl/N-ethyl adjacent to an activating group) is 1. The van der Waals surface area contributed by atoms with Gasteiger partial charge in [0.2, 0.25) is 11.8 Å². The lowest BCUT2D eigenvalue weighted by molar-refractivity contribution is -0.148. The van der Waals surface area contributed by atoms with Gasteiger partial charge in [0.05, 0.1) is 37.1 Å². The van der Waals surface area contributed by atoms with Gasteiger partial charge in [0.25, 0.3) is 0 Å². The first-order valence-electron chi connectivity index (χ1n) is 8.25. The fourth-order valence-electron chi connectivity index (χ4n) is 2.40. The van der Waals surface area contributed by atoms with E-state index >= 15 is 0 Å². The molecule has 0 spiro atoms. The normalized spacial score (nSPS) is 15.3. The Labute approximate surface area is 156 Å². The van der Waals surface area contributed by atoms with Gasteiger partial charge >= 0.3 is 5.97 Å². The number of nitrogens with two attached hydrogens (primary N) is 2. The van der Waals surface area contributed by atoms with Crippen molar-refractivity contribution in [2.75, 3.05) is 20.2 Å². The Kier molecular flexibility index (Phi) is 10.4. The standard InChI is InChI=1S/C16H27N3O8/c1-8(21)11(16(26)27)5-10(22)3-9(4-14(18)24)15(25)19(2)6-13(23)12(17)7-20/h8-9,11-12,20-21H,3-7,17H2,1-2H3,(H2,18,24)(H,26,27)/t8?,9-,11-,12-/m0/s1. The lowest BCUT2D eigenvalue weighted by Gasteiger charge is -2.23. The van der Waals surface area contributed by atoms with Gasteiger partial charge in [-0.1, -0.05) is 0 Å². The number of carboxylic acids is 1. The molecule has 4 atom stereocenters. The summed E-state index contributed by atoms with van der Waals surface area (Å²) >= 11 is 0. The molecule has 0 saturated heterocycles. The van der Waals surface area contributed by atoms with E-state index in [0.717, 1.165) is 4.90 Å². The number of amides is 2. The number of hydrogen-bond donors (Lipinski definition) is 5. The lowest BCUT2D eigenvalue weighted by atomic mass is 9.90. The number of rotatable bonds is 13. The van der Waals surface area contributed by atoms with Crippen molar-refractivity contribution in [2.24, 2.45) is 23.3 Å². The van der Waals surface area contributed by atoms with E-state index in [0.29, 0.717) is 0 Å². The Bertz CT molecular complexity index is 578. The number of carboxylic acid groups (broad SMARTS) is 1. The summed E-state index contributed by atoms with van der Waals surface area (Å²) in [6.45, 7) is 0.192. The minimum atomic E-state index is -1.36. The fourth-order valence-corrected chi connectivity index (χ4v) is 2.40. The van der Waals surface area contributed by atoms with E-state index in [2.05, 4.69) is 0 Å². The third kappa shape index (κ3) is 8.71. The second-order valence-electron chi connectivity index (χ2n) is 6.45. The Morgan fingerprint density at radius 3 is 2.04 bits per heavy atom. The fraction of sp³-hybridized carbons (Fsp3) is 0.688. The highest BCUT2D eigenvalue weighted by Crippen LogP contribution is 2.18. The average Bonchev–Trinajstić information content (AvgIpc) is 2.56. The summed E-state index contributed by atoms with van der Waals surface area (Å²) < 4.78 is 0. The Morgan fingerprint density at radius 1 is 1.07 bits per heavy atom. The molecule has 0 fully saturated rings. The molecule has 0 rings (SSSR count). The van der Waals surface area contributed by atoms with Crippen LogP contribution in [-0.4, -0.2) is 81.9 Å². The minimum absolute atomic E-state index is 0.435. The zero-order chi connectivity index (χ0) is 21.3. The second kappa shape index (κ2) is 11.4. The predicted molar refractivity (Wildman–Crippen MR) is 92.1 cm³/mol. The van der Waals surface area contributed by atoms with Gasteiger partial charge in [-0.15, -0.1) is 0 Å². The van der Waals surface area contributed by atoms with Gasteiger partial charge in [0.1, 0.15) is 5.78 Å². The summed E-state index contributed by atoms with van der Waals surface area (Å²) in [7, 11) is 1.26. The van der Waals surface area contributed by atoms with Crippen LogP contribution in [0.2, 0.25) is 0 Å². The van der Waals surface area contributed by atoms with E-state index in [-0.39, 0.29) is 0 Å². The van der Waals surface area contributed by atoms with Gasteiger partial charge in [-0.05, 0) is 6.92 Å². The van der Waals surface area contributed by atoms with Gasteiger partial charge in [-0.3, -0.25) is 24.0 Å². The van der Waals surface area contributed by atoms with Crippen molar-refractivity contribution in [3.8, 4) is 0 Å². The van der Waals surface area contributed by atoms with Crippen LogP contribution in [0.1, 0.15) is 26.2 Å². The Balaban J connectivity index is 5.12. The lowest BCUT2D eigenvalue weighted by Crippen LogP contribution is -2.45. The number of ketones is 2. The highest BCUT2D eigenvalue weighted by atomic mass is 16.4. The first-order valence-corrected chi connectivity index (χ1v) is 8.25. The molecule has 11 nitrogen and oxygen atoms in total. The molecule has 7 N–H and O–H groups in total. The summed E-state index contributed by atoms with van der Waals surface area (Å²) in [5.41, 5.74) is 10.5. The van der Waals surface area contributed by atoms with E-state index in [9.17, 15) is 29.1 Å². The predicted octanol–water partition coefficient (Wildman–Crippen LogP) is -2.74. The maximum atomic E-state index is 12.5. The topological polar surface area (TPSA) is 201 Å². The minimum Gasteiger partial charge on any atom is -0.481 e. The maximum Gasteiger partial charge on any atom is 0.309 e. The number of primary amides is 1. The molecule has 0 saturated carbocycles. The number of aliphatic hydroxyl groups is 2. The molecule has 0 aromatic carbocycles. The summed E-state index contributed by atoms with van der Waals surface area (Å²) in [5.74, 6) is -6.71. The van der Waals surface area contributed by atoms with Crippen LogP contribution in [0.5, 0.6) is 0 Å². The average molecular weight is 389 g/mol. The molecular weight excluding hydrogens is 362 g/mol. The molecule has 0 aromatic rings. The molecule has 0 bridgehead atoms. The molecular formula is C16H27N3O8. The SMILES string of the molecule is CC(O)[C@H](CC(=O)C[C@@H](CC(N)=O)C(=O)N(C)CC(=O)[C@@H](N)CO)C(=O)O. The second-order valence-corrected chi connectivity index (χ2v) is 6.45. The molecule has 0 aliphatic rings. The third-order valence-electron chi connectivity index (χ3n) is 4.00. The summed E-state index contributed by atoms with van der Waals surface area (Å²) in [6.07, 6.45) is -2.74. The molecule has 2 amide bonds. The van der Waals surface area contributed by atoms with Crippen molar-refractivity contribution in [3.63, 3.8) is 0 Å². The van der Waals surface area contributed by atoms with Crippen LogP contribution in [0.3, 0.4) is 0 Å². The number of carbonyl (C=O) groups excluding carboxylic acids is 4. The van der Waals surface area contributed by atoms with Crippen LogP contribution in [0.25, 0.3) is 0 Å². The van der Waals surface area contributed by atoms with Crippen LogP contribution in [0.15, 0.2) is 0 Å². The number of carbonyl (C=O) groups is 5. The first-order chi connectivity index (χ1) is 12.4. The summed E-state index contributed by atoms with van der Waals surface area (Å²) in [6, 6.07) is -1.17. The highest BCUT2D eigenvalue weighted by Gasteiger charge is 2.31. The third-order valence-corrected chi connectivity index (χ3v) is 4.00. The number of Topliss-reactive ketones (excluding diaryl/α,β-unsaturated/α-hetero) is 2. The van der Waals surface area contributed by atoms with E-state index < -0.39 is 85.7 Å². The van der Waals surface area contributed by atoms with Crippen LogP contribution < -0.4 is 11.5 Å². The number of nitrogens with zero attached hydrogens (tertiary/aromatic N) is 1. The summed E-state index contributed by atoms with van der Waals surface area (Å²) in [5, 5.41) is 27.3. The van der Waals surface area contributed by atoms with Crippen LogP contribution in [0.4, 0.5) is 0 Å². The van der Waals surface area contributed by atoms with E-state index in [1.807, 2.05) is 0 Å². The van der Waals surface area contributed by atoms with Crippen molar-refractivity contribution in [1.29, 1.82) is 0 Å². The van der Waals surface area contributed by atoms with E-state index in [4.69, 9.17) is 21.7 Å². The van der Waals surface area contributed by atoms with Crippen molar-refractivity contribution < 1.29 is 39.3 Å². The number of aliphatic carboxylic acids is 1. The smallest absolute Gasteiger partial charge is 0.309 e. The molecule has 0 radical (unpaired) electrons. The molecule has 0 aromatic heterocycles. The molecule has 0 aliphatic heterocycles. The van der Waals surface area contributed by atoms with E-state index in [1.54, 1.807) is 0 Å². The molecule has 0 heterocycles. The number of aliphatic hydroxyl groups excluding tert-OH is 2. The van der Waals surface area contributed by atoms with Gasteiger partial charge in [0.15, 0.2) is 5.78 Å². The van der Waals surface area contributed by atoms with Crippen molar-refractivity contribution in [1.82, 2.24) is 4.90 Å². The Morgan fingerprint density at radius 2 is 1.63 bits per heavy atom. The van der Waals surface area contributed by atoms with Crippen molar-refractivity contribution in [2.45, 2.75) is 38.3 Å². The first kappa shape index (κ1) is 24.6. The van der Waals surface area contributed by atoms with Gasteiger partial charge in [-0.25, -0.2) is 0 Å². The van der Waals surface area contributed by atoms with Crippen molar-refractivity contribution in [3.05, 3.63) is 0 Å². The molecule has 11 heteroatoms. The number of hydrogen-bond acceptors (Lipinski definition) is 8. The Hall–Kier alpha value is -2.37. The van der Waals surface area contributed by atoms with Crippen LogP contribution in [-0.2, 0) is 24.0 Å². The quantitative estimate of drug-likeness (QED) is 0.221. The van der Waals surface area contributed by atoms with Crippen molar-refractivity contribution >= 4 is 29.4 Å². The zero-order valence-electron chi connectivity index (χ0n) is 15.3. The van der Waals surface area contributed by atoms with Crippen LogP contribution >= 0.6 is 0 Å². The highest BCUT2D eigenvalue weighted by molar-refractivity contribution is 5.94. The summed E-state index contributed by atoms with van der Waals surface area (Å²) in [4.78, 5) is 59.6. The van der Waals surface area contributed by atoms with Gasteiger partial charge in [-0.2, -0.15) is 0 Å². The van der Waals surface area contributed by atoms with Gasteiger partial charge < -0.3 is 31.7 Å². The van der Waals surface area contributed by atoms with Gasteiger partial charge in [0, 0.05) is 26.3 Å². The molecule has 1 unspecified atom stereocenters. The zero-order valence-corrected chi connectivity index (χ0v) is 15.3. The van der Waals surface area contributed by atoms with Crippen LogP contribution in [0, 0.1) is 11.8 Å². The van der Waals surface area contributed by atoms with E-state index in [1.165, 1.54) is 14.0 Å². The monoisotopic (exact) mass is 389 g/mol.